The minimum Gasteiger partial charge on any atom is -0.494 e. The van der Waals surface area contributed by atoms with Crippen LogP contribution in [0.1, 0.15) is 19.8 Å². The Kier molecular flexibility index (Phi) is 5.65. The van der Waals surface area contributed by atoms with E-state index >= 15 is 0 Å². The van der Waals surface area contributed by atoms with Crippen molar-refractivity contribution in [3.63, 3.8) is 0 Å². The molecule has 0 heterocycles. The van der Waals surface area contributed by atoms with Gasteiger partial charge in [0.2, 0.25) is 0 Å². The van der Waals surface area contributed by atoms with Crippen LogP contribution in [0.15, 0.2) is 24.3 Å². The Labute approximate surface area is 116 Å². The Morgan fingerprint density at radius 1 is 1.42 bits per heavy atom. The summed E-state index contributed by atoms with van der Waals surface area (Å²) < 4.78 is 5.72. The third-order valence-electron chi connectivity index (χ3n) is 3.22. The molecule has 4 nitrogen and oxygen atoms in total. The Morgan fingerprint density at radius 2 is 2.16 bits per heavy atom. The largest absolute Gasteiger partial charge is 0.494 e. The molecule has 1 aromatic carbocycles. The summed E-state index contributed by atoms with van der Waals surface area (Å²) >= 11 is 0. The SMILES string of the molecule is CNC(C)(C#N)CCCOc1cccc(N(C)C)c1. The molecule has 0 bridgehead atoms. The van der Waals surface area contributed by atoms with E-state index in [0.29, 0.717) is 6.61 Å². The number of hydrogen-bond donors (Lipinski definition) is 1. The second kappa shape index (κ2) is 7.01. The van der Waals surface area contributed by atoms with Crippen LogP contribution in [0, 0.1) is 11.3 Å². The minimum absolute atomic E-state index is 0.463. The molecule has 104 valence electrons. The fourth-order valence-electron chi connectivity index (χ4n) is 1.70. The number of nitriles is 1. The molecular weight excluding hydrogens is 238 g/mol. The highest BCUT2D eigenvalue weighted by Gasteiger charge is 2.20. The summed E-state index contributed by atoms with van der Waals surface area (Å²) in [5, 5.41) is 12.1. The molecule has 0 aliphatic carbocycles. The van der Waals surface area contributed by atoms with Gasteiger partial charge in [0.05, 0.1) is 12.7 Å². The second-order valence-electron chi connectivity index (χ2n) is 5.04. The van der Waals surface area contributed by atoms with Crippen molar-refractivity contribution in [2.75, 3.05) is 32.6 Å². The summed E-state index contributed by atoms with van der Waals surface area (Å²) in [6.07, 6.45) is 1.62. The molecule has 0 radical (unpaired) electrons. The summed E-state index contributed by atoms with van der Waals surface area (Å²) in [6, 6.07) is 10.3. The van der Waals surface area contributed by atoms with Crippen molar-refractivity contribution in [3.8, 4) is 11.8 Å². The highest BCUT2D eigenvalue weighted by atomic mass is 16.5. The van der Waals surface area contributed by atoms with Crippen LogP contribution in [-0.2, 0) is 0 Å². The van der Waals surface area contributed by atoms with Crippen LogP contribution in [0.2, 0.25) is 0 Å². The lowest BCUT2D eigenvalue weighted by molar-refractivity contribution is 0.289. The molecule has 1 atom stereocenters. The molecule has 0 amide bonds. The minimum atomic E-state index is -0.463. The summed E-state index contributed by atoms with van der Waals surface area (Å²) in [5.41, 5.74) is 0.657. The third-order valence-corrected chi connectivity index (χ3v) is 3.22. The normalized spacial score (nSPS) is 13.4. The Balaban J connectivity index is 2.42. The van der Waals surface area contributed by atoms with E-state index in [1.807, 2.05) is 57.2 Å². The van der Waals surface area contributed by atoms with Gasteiger partial charge < -0.3 is 15.0 Å². The third kappa shape index (κ3) is 4.80. The summed E-state index contributed by atoms with van der Waals surface area (Å²) in [6.45, 7) is 2.52. The van der Waals surface area contributed by atoms with Crippen molar-refractivity contribution in [2.24, 2.45) is 0 Å². The fourth-order valence-corrected chi connectivity index (χ4v) is 1.70. The van der Waals surface area contributed by atoms with E-state index in [1.54, 1.807) is 0 Å². The number of hydrogen-bond acceptors (Lipinski definition) is 4. The first-order valence-electron chi connectivity index (χ1n) is 6.51. The highest BCUT2D eigenvalue weighted by Crippen LogP contribution is 2.20. The monoisotopic (exact) mass is 261 g/mol. The van der Waals surface area contributed by atoms with Gasteiger partial charge in [-0.05, 0) is 38.9 Å². The van der Waals surface area contributed by atoms with Crippen molar-refractivity contribution in [3.05, 3.63) is 24.3 Å². The van der Waals surface area contributed by atoms with Gasteiger partial charge in [0.15, 0.2) is 0 Å². The van der Waals surface area contributed by atoms with E-state index in [4.69, 9.17) is 10.00 Å². The summed E-state index contributed by atoms with van der Waals surface area (Å²) in [5.74, 6) is 0.870. The lowest BCUT2D eigenvalue weighted by Crippen LogP contribution is -2.38. The molecule has 0 aliphatic rings. The molecule has 0 saturated heterocycles. The van der Waals surface area contributed by atoms with E-state index in [0.717, 1.165) is 24.3 Å². The zero-order chi connectivity index (χ0) is 14.3. The molecule has 1 N–H and O–H groups in total. The first-order valence-corrected chi connectivity index (χ1v) is 6.51. The van der Waals surface area contributed by atoms with Crippen LogP contribution in [0.3, 0.4) is 0 Å². The first kappa shape index (κ1) is 15.3. The van der Waals surface area contributed by atoms with Gasteiger partial charge in [0.25, 0.3) is 0 Å². The Hall–Kier alpha value is -1.73. The number of anilines is 1. The van der Waals surface area contributed by atoms with Crippen molar-refractivity contribution >= 4 is 5.69 Å². The van der Waals surface area contributed by atoms with E-state index in [1.165, 1.54) is 0 Å². The van der Waals surface area contributed by atoms with E-state index in [2.05, 4.69) is 11.4 Å². The van der Waals surface area contributed by atoms with E-state index in [9.17, 15) is 0 Å². The summed E-state index contributed by atoms with van der Waals surface area (Å²) in [4.78, 5) is 2.04. The lowest BCUT2D eigenvalue weighted by atomic mass is 9.98. The van der Waals surface area contributed by atoms with Gasteiger partial charge in [0.1, 0.15) is 11.3 Å². The predicted molar refractivity (Wildman–Crippen MR) is 78.6 cm³/mol. The molecular formula is C15H23N3O. The first-order chi connectivity index (χ1) is 9.00. The van der Waals surface area contributed by atoms with Crippen LogP contribution in [0.25, 0.3) is 0 Å². The van der Waals surface area contributed by atoms with Crippen LogP contribution in [0.4, 0.5) is 5.69 Å². The molecule has 0 aliphatic heterocycles. The van der Waals surface area contributed by atoms with Gasteiger partial charge in [0, 0.05) is 25.8 Å². The number of benzene rings is 1. The van der Waals surface area contributed by atoms with Gasteiger partial charge in [-0.2, -0.15) is 5.26 Å². The number of rotatable bonds is 7. The molecule has 1 rings (SSSR count). The Bertz CT molecular complexity index is 439. The number of ether oxygens (including phenoxy) is 1. The standard InChI is InChI=1S/C15H23N3O/c1-15(12-16,17-2)9-6-10-19-14-8-5-7-13(11-14)18(3)4/h5,7-8,11,17H,6,9-10H2,1-4H3. The van der Waals surface area contributed by atoms with Gasteiger partial charge in [-0.1, -0.05) is 6.07 Å². The molecule has 4 heteroatoms. The lowest BCUT2D eigenvalue weighted by Gasteiger charge is -2.20. The van der Waals surface area contributed by atoms with Gasteiger partial charge in [-0.15, -0.1) is 0 Å². The van der Waals surface area contributed by atoms with Crippen LogP contribution >= 0.6 is 0 Å². The van der Waals surface area contributed by atoms with Crippen molar-refractivity contribution in [1.82, 2.24) is 5.32 Å². The zero-order valence-electron chi connectivity index (χ0n) is 12.2. The number of nitrogens with zero attached hydrogens (tertiary/aromatic N) is 2. The molecule has 1 unspecified atom stereocenters. The predicted octanol–water partition coefficient (Wildman–Crippen LogP) is 2.41. The second-order valence-corrected chi connectivity index (χ2v) is 5.04. The van der Waals surface area contributed by atoms with Gasteiger partial charge in [-0.3, -0.25) is 0 Å². The maximum atomic E-state index is 9.04. The van der Waals surface area contributed by atoms with Crippen LogP contribution < -0.4 is 15.0 Å². The fraction of sp³-hybridized carbons (Fsp3) is 0.533. The van der Waals surface area contributed by atoms with Crippen molar-refractivity contribution in [1.29, 1.82) is 5.26 Å². The van der Waals surface area contributed by atoms with E-state index in [-0.39, 0.29) is 0 Å². The summed E-state index contributed by atoms with van der Waals surface area (Å²) in [7, 11) is 5.82. The van der Waals surface area contributed by atoms with Crippen LogP contribution in [-0.4, -0.2) is 33.3 Å². The molecule has 0 aromatic heterocycles. The smallest absolute Gasteiger partial charge is 0.121 e. The molecule has 0 spiro atoms. The highest BCUT2D eigenvalue weighted by molar-refractivity contribution is 5.49. The average molecular weight is 261 g/mol. The van der Waals surface area contributed by atoms with Crippen molar-refractivity contribution < 1.29 is 4.74 Å². The van der Waals surface area contributed by atoms with Gasteiger partial charge >= 0.3 is 0 Å². The maximum absolute atomic E-state index is 9.04. The maximum Gasteiger partial charge on any atom is 0.121 e. The molecule has 1 aromatic rings. The van der Waals surface area contributed by atoms with E-state index < -0.39 is 5.54 Å². The number of nitrogens with one attached hydrogen (secondary N) is 1. The van der Waals surface area contributed by atoms with Crippen LogP contribution in [0.5, 0.6) is 5.75 Å². The molecule has 0 fully saturated rings. The quantitative estimate of drug-likeness (QED) is 0.766. The van der Waals surface area contributed by atoms with Crippen molar-refractivity contribution in [2.45, 2.75) is 25.3 Å². The molecule has 0 saturated carbocycles. The Morgan fingerprint density at radius 3 is 2.74 bits per heavy atom. The molecule has 19 heavy (non-hydrogen) atoms. The topological polar surface area (TPSA) is 48.3 Å². The zero-order valence-corrected chi connectivity index (χ0v) is 12.2. The van der Waals surface area contributed by atoms with Gasteiger partial charge in [-0.25, -0.2) is 0 Å². The average Bonchev–Trinajstić information content (AvgIpc) is 2.43.